The number of aromatic amines is 1. The zero-order valence-corrected chi connectivity index (χ0v) is 18.1. The van der Waals surface area contributed by atoms with Gasteiger partial charge in [0.2, 0.25) is 0 Å². The summed E-state index contributed by atoms with van der Waals surface area (Å²) in [6, 6.07) is 22.1. The third kappa shape index (κ3) is 4.40. The number of allylic oxidation sites excluding steroid dienone is 1. The first-order valence-electron chi connectivity index (χ1n) is 10.5. The van der Waals surface area contributed by atoms with Crippen LogP contribution in [0.4, 0.5) is 5.69 Å². The maximum atomic E-state index is 5.64. The molecule has 158 valence electrons. The van der Waals surface area contributed by atoms with Crippen LogP contribution in [0.15, 0.2) is 72.8 Å². The molecule has 3 aromatic carbocycles. The van der Waals surface area contributed by atoms with E-state index in [0.717, 1.165) is 63.7 Å². The van der Waals surface area contributed by atoms with Crippen molar-refractivity contribution in [2.75, 3.05) is 19.5 Å². The molecule has 0 fully saturated rings. The SMILES string of the molecule is CCC/C=C(\Nc1cccc(-c2nc3ccccc3[nH]2)c1)c1c(OC)cccc1OC. The number of fused-ring (bicyclic) bond motifs is 1. The summed E-state index contributed by atoms with van der Waals surface area (Å²) in [6.07, 6.45) is 4.17. The number of methoxy groups -OCH3 is 2. The molecule has 0 spiro atoms. The van der Waals surface area contributed by atoms with Crippen molar-refractivity contribution in [3.63, 3.8) is 0 Å². The summed E-state index contributed by atoms with van der Waals surface area (Å²) < 4.78 is 11.3. The van der Waals surface area contributed by atoms with E-state index < -0.39 is 0 Å². The first kappa shape index (κ1) is 20.5. The number of nitrogens with zero attached hydrogens (tertiary/aromatic N) is 1. The average Bonchev–Trinajstić information content (AvgIpc) is 3.26. The van der Waals surface area contributed by atoms with Gasteiger partial charge in [-0.3, -0.25) is 0 Å². The van der Waals surface area contributed by atoms with Crippen molar-refractivity contribution in [3.8, 4) is 22.9 Å². The first-order chi connectivity index (χ1) is 15.2. The lowest BCUT2D eigenvalue weighted by Gasteiger charge is -2.18. The van der Waals surface area contributed by atoms with Crippen LogP contribution < -0.4 is 14.8 Å². The van der Waals surface area contributed by atoms with Gasteiger partial charge in [-0.05, 0) is 42.8 Å². The first-order valence-corrected chi connectivity index (χ1v) is 10.5. The summed E-state index contributed by atoms with van der Waals surface area (Å²) in [6.45, 7) is 2.16. The highest BCUT2D eigenvalue weighted by molar-refractivity contribution is 5.85. The molecule has 0 amide bonds. The smallest absolute Gasteiger partial charge is 0.138 e. The Bertz CT molecular complexity index is 1150. The van der Waals surface area contributed by atoms with Gasteiger partial charge in [-0.25, -0.2) is 4.98 Å². The largest absolute Gasteiger partial charge is 0.496 e. The van der Waals surface area contributed by atoms with E-state index >= 15 is 0 Å². The fraction of sp³-hybridized carbons (Fsp3) is 0.192. The zero-order chi connectivity index (χ0) is 21.6. The minimum absolute atomic E-state index is 0.766. The number of unbranched alkanes of at least 4 members (excludes halogenated alkanes) is 1. The Morgan fingerprint density at radius 3 is 2.42 bits per heavy atom. The van der Waals surface area contributed by atoms with E-state index in [1.54, 1.807) is 14.2 Å². The quantitative estimate of drug-likeness (QED) is 0.346. The predicted octanol–water partition coefficient (Wildman–Crippen LogP) is 6.50. The molecule has 2 N–H and O–H groups in total. The van der Waals surface area contributed by atoms with Crippen molar-refractivity contribution in [1.82, 2.24) is 9.97 Å². The maximum Gasteiger partial charge on any atom is 0.138 e. The van der Waals surface area contributed by atoms with Crippen molar-refractivity contribution in [3.05, 3.63) is 78.4 Å². The number of nitrogens with one attached hydrogen (secondary N) is 2. The van der Waals surface area contributed by atoms with Crippen LogP contribution in [0.3, 0.4) is 0 Å². The lowest BCUT2D eigenvalue weighted by Crippen LogP contribution is -2.04. The number of anilines is 1. The number of imidazole rings is 1. The van der Waals surface area contributed by atoms with Crippen LogP contribution in [0.1, 0.15) is 25.3 Å². The normalized spacial score (nSPS) is 11.5. The van der Waals surface area contributed by atoms with E-state index in [-0.39, 0.29) is 0 Å². The Kier molecular flexibility index (Phi) is 6.22. The molecule has 0 unspecified atom stereocenters. The maximum absolute atomic E-state index is 5.64. The highest BCUT2D eigenvalue weighted by atomic mass is 16.5. The van der Waals surface area contributed by atoms with Gasteiger partial charge in [0.25, 0.3) is 0 Å². The molecule has 5 heteroatoms. The number of rotatable bonds is 8. The Morgan fingerprint density at radius 1 is 0.968 bits per heavy atom. The molecule has 1 heterocycles. The van der Waals surface area contributed by atoms with Gasteiger partial charge in [0, 0.05) is 16.9 Å². The molecule has 0 radical (unpaired) electrons. The number of aromatic nitrogens is 2. The van der Waals surface area contributed by atoms with E-state index in [4.69, 9.17) is 14.5 Å². The minimum Gasteiger partial charge on any atom is -0.496 e. The number of benzene rings is 3. The average molecular weight is 414 g/mol. The van der Waals surface area contributed by atoms with Gasteiger partial charge < -0.3 is 19.8 Å². The molecular formula is C26H27N3O2. The summed E-state index contributed by atoms with van der Waals surface area (Å²) in [4.78, 5) is 8.13. The summed E-state index contributed by atoms with van der Waals surface area (Å²) in [7, 11) is 3.36. The van der Waals surface area contributed by atoms with Crippen molar-refractivity contribution < 1.29 is 9.47 Å². The topological polar surface area (TPSA) is 59.2 Å². The second-order valence-electron chi connectivity index (χ2n) is 7.25. The van der Waals surface area contributed by atoms with E-state index in [0.29, 0.717) is 0 Å². The summed E-state index contributed by atoms with van der Waals surface area (Å²) in [5.41, 5.74) is 5.83. The standard InChI is InChI=1S/C26H27N3O2/c1-4-5-12-22(25-23(30-2)15-9-16-24(25)31-3)27-19-11-8-10-18(17-19)26-28-20-13-6-7-14-21(20)29-26/h6-17,27H,4-5H2,1-3H3,(H,28,29)/b22-12-. The molecular weight excluding hydrogens is 386 g/mol. The van der Waals surface area contributed by atoms with Gasteiger partial charge in [-0.1, -0.05) is 49.8 Å². The Morgan fingerprint density at radius 2 is 1.71 bits per heavy atom. The third-order valence-electron chi connectivity index (χ3n) is 5.14. The molecule has 0 atom stereocenters. The zero-order valence-electron chi connectivity index (χ0n) is 18.1. The van der Waals surface area contributed by atoms with Gasteiger partial charge in [0.15, 0.2) is 0 Å². The number of ether oxygens (including phenoxy) is 2. The molecule has 0 aliphatic rings. The van der Waals surface area contributed by atoms with Gasteiger partial charge in [-0.2, -0.15) is 0 Å². The van der Waals surface area contributed by atoms with Crippen LogP contribution in [-0.2, 0) is 0 Å². The fourth-order valence-corrected chi connectivity index (χ4v) is 3.61. The Labute approximate surface area is 182 Å². The van der Waals surface area contributed by atoms with E-state index in [2.05, 4.69) is 35.4 Å². The summed E-state index contributed by atoms with van der Waals surface area (Å²) in [5.74, 6) is 2.38. The van der Waals surface area contributed by atoms with Crippen molar-refractivity contribution in [2.45, 2.75) is 19.8 Å². The number of hydrogen-bond acceptors (Lipinski definition) is 4. The van der Waals surface area contributed by atoms with Crippen LogP contribution in [0.2, 0.25) is 0 Å². The fourth-order valence-electron chi connectivity index (χ4n) is 3.61. The van der Waals surface area contributed by atoms with E-state index in [1.165, 1.54) is 0 Å². The molecule has 4 aromatic rings. The monoisotopic (exact) mass is 413 g/mol. The van der Waals surface area contributed by atoms with Gasteiger partial charge in [0.05, 0.1) is 30.8 Å². The van der Waals surface area contributed by atoms with Gasteiger partial charge >= 0.3 is 0 Å². The Hall–Kier alpha value is -3.73. The number of hydrogen-bond donors (Lipinski definition) is 2. The molecule has 1 aromatic heterocycles. The number of H-pyrrole nitrogens is 1. The molecule has 0 saturated heterocycles. The summed E-state index contributed by atoms with van der Waals surface area (Å²) in [5, 5.41) is 3.58. The van der Waals surface area contributed by atoms with Crippen LogP contribution in [0.25, 0.3) is 28.1 Å². The van der Waals surface area contributed by atoms with Gasteiger partial charge in [0.1, 0.15) is 17.3 Å². The molecule has 4 rings (SSSR count). The molecule has 5 nitrogen and oxygen atoms in total. The summed E-state index contributed by atoms with van der Waals surface area (Å²) >= 11 is 0. The predicted molar refractivity (Wildman–Crippen MR) is 128 cm³/mol. The van der Waals surface area contributed by atoms with Crippen LogP contribution in [-0.4, -0.2) is 24.2 Å². The highest BCUT2D eigenvalue weighted by Crippen LogP contribution is 2.36. The van der Waals surface area contributed by atoms with E-state index in [9.17, 15) is 0 Å². The second-order valence-corrected chi connectivity index (χ2v) is 7.25. The lowest BCUT2D eigenvalue weighted by atomic mass is 10.1. The third-order valence-corrected chi connectivity index (χ3v) is 5.14. The lowest BCUT2D eigenvalue weighted by molar-refractivity contribution is 0.392. The molecule has 31 heavy (non-hydrogen) atoms. The van der Waals surface area contributed by atoms with E-state index in [1.807, 2.05) is 54.6 Å². The molecule has 0 bridgehead atoms. The Balaban J connectivity index is 1.71. The van der Waals surface area contributed by atoms with Crippen LogP contribution >= 0.6 is 0 Å². The second kappa shape index (κ2) is 9.39. The van der Waals surface area contributed by atoms with Crippen molar-refractivity contribution >= 4 is 22.4 Å². The van der Waals surface area contributed by atoms with Crippen molar-refractivity contribution in [2.24, 2.45) is 0 Å². The van der Waals surface area contributed by atoms with Crippen LogP contribution in [0.5, 0.6) is 11.5 Å². The molecule has 0 saturated carbocycles. The highest BCUT2D eigenvalue weighted by Gasteiger charge is 2.15. The molecule has 0 aliphatic heterocycles. The van der Waals surface area contributed by atoms with Crippen molar-refractivity contribution in [1.29, 1.82) is 0 Å². The van der Waals surface area contributed by atoms with Gasteiger partial charge in [-0.15, -0.1) is 0 Å². The van der Waals surface area contributed by atoms with Crippen LogP contribution in [0, 0.1) is 0 Å². The minimum atomic E-state index is 0.766. The number of para-hydroxylation sites is 2. The molecule has 0 aliphatic carbocycles.